The molecule has 0 radical (unpaired) electrons. The molecule has 1 amide bonds. The maximum Gasteiger partial charge on any atom is 0.256 e. The topological polar surface area (TPSA) is 185 Å². The van der Waals surface area contributed by atoms with Crippen LogP contribution in [0.4, 0.5) is 17.5 Å². The van der Waals surface area contributed by atoms with E-state index in [1.54, 1.807) is 25.2 Å². The minimum atomic E-state index is -0.442. The lowest BCUT2D eigenvalue weighted by Gasteiger charge is -2.17. The smallest absolute Gasteiger partial charge is 0.256 e. The Morgan fingerprint density at radius 2 is 2.03 bits per heavy atom. The number of benzene rings is 1. The second-order valence-corrected chi connectivity index (χ2v) is 5.32. The highest BCUT2D eigenvalue weighted by Crippen LogP contribution is 2.32. The molecular weight excluding hydrogens is 390 g/mol. The van der Waals surface area contributed by atoms with Crippen molar-refractivity contribution in [3.8, 4) is 5.75 Å². The molecule has 0 aliphatic heterocycles. The summed E-state index contributed by atoms with van der Waals surface area (Å²) in [5, 5.41) is 21.0. The number of methoxy groups -OCH3 is 1. The third-order valence-electron chi connectivity index (χ3n) is 3.65. The molecule has 2 aromatic rings. The van der Waals surface area contributed by atoms with E-state index in [2.05, 4.69) is 36.4 Å². The van der Waals surface area contributed by atoms with Gasteiger partial charge in [-0.2, -0.15) is 10.1 Å². The Bertz CT molecular complexity index is 859. The molecule has 0 aliphatic rings. The van der Waals surface area contributed by atoms with Crippen molar-refractivity contribution in [1.82, 2.24) is 20.7 Å². The third-order valence-corrected chi connectivity index (χ3v) is 3.65. The molecule has 0 saturated heterocycles. The molecule has 1 heterocycles. The van der Waals surface area contributed by atoms with Crippen LogP contribution in [-0.4, -0.2) is 54.1 Å². The maximum atomic E-state index is 12.4. The molecule has 0 fully saturated rings. The molecule has 0 atom stereocenters. The van der Waals surface area contributed by atoms with Crippen LogP contribution in [0.25, 0.3) is 0 Å². The van der Waals surface area contributed by atoms with Crippen molar-refractivity contribution in [3.05, 3.63) is 35.5 Å². The van der Waals surface area contributed by atoms with Gasteiger partial charge in [-0.05, 0) is 12.1 Å². The van der Waals surface area contributed by atoms with Gasteiger partial charge in [-0.1, -0.05) is 19.9 Å². The van der Waals surface area contributed by atoms with E-state index in [0.717, 1.165) is 0 Å². The van der Waals surface area contributed by atoms with Crippen molar-refractivity contribution in [2.45, 2.75) is 13.8 Å². The number of hydrogen-bond acceptors (Lipinski definition) is 10. The van der Waals surface area contributed by atoms with Crippen LogP contribution >= 0.6 is 0 Å². The van der Waals surface area contributed by atoms with E-state index in [9.17, 15) is 4.79 Å². The van der Waals surface area contributed by atoms with Gasteiger partial charge in [0.15, 0.2) is 11.6 Å². The normalized spacial score (nSPS) is 10.4. The van der Waals surface area contributed by atoms with Crippen molar-refractivity contribution in [3.63, 3.8) is 0 Å². The Labute approximate surface area is 175 Å². The SMILES string of the molecule is CC.CNc1ncc(C(=O)NCCO)c(Nc2cccc(/C(=N/N)NN)c2OC)n1. The van der Waals surface area contributed by atoms with Gasteiger partial charge in [0.25, 0.3) is 5.91 Å². The van der Waals surface area contributed by atoms with Gasteiger partial charge in [0.1, 0.15) is 11.4 Å². The number of hydrazine groups is 1. The van der Waals surface area contributed by atoms with E-state index in [1.807, 2.05) is 13.8 Å². The average Bonchev–Trinajstić information content (AvgIpc) is 2.79. The van der Waals surface area contributed by atoms with Crippen LogP contribution in [0.15, 0.2) is 29.5 Å². The summed E-state index contributed by atoms with van der Waals surface area (Å²) < 4.78 is 5.47. The number of hydrazone groups is 1. The van der Waals surface area contributed by atoms with Crippen LogP contribution in [0.1, 0.15) is 29.8 Å². The van der Waals surface area contributed by atoms with Gasteiger partial charge in [-0.15, -0.1) is 0 Å². The first-order valence-electron chi connectivity index (χ1n) is 9.22. The lowest BCUT2D eigenvalue weighted by atomic mass is 10.1. The second-order valence-electron chi connectivity index (χ2n) is 5.32. The van der Waals surface area contributed by atoms with E-state index in [1.165, 1.54) is 13.3 Å². The van der Waals surface area contributed by atoms with Gasteiger partial charge in [-0.25, -0.2) is 10.8 Å². The maximum absolute atomic E-state index is 12.4. The number of amidine groups is 1. The zero-order valence-corrected chi connectivity index (χ0v) is 17.5. The predicted molar refractivity (Wildman–Crippen MR) is 117 cm³/mol. The molecule has 30 heavy (non-hydrogen) atoms. The zero-order chi connectivity index (χ0) is 22.5. The minimum Gasteiger partial charge on any atom is -0.494 e. The molecule has 12 nitrogen and oxygen atoms in total. The fourth-order valence-corrected chi connectivity index (χ4v) is 2.38. The number of rotatable bonds is 8. The lowest BCUT2D eigenvalue weighted by Crippen LogP contribution is -2.32. The fourth-order valence-electron chi connectivity index (χ4n) is 2.38. The van der Waals surface area contributed by atoms with Crippen molar-refractivity contribution in [2.75, 3.05) is 37.9 Å². The van der Waals surface area contributed by atoms with Gasteiger partial charge in [0.05, 0.1) is 25.0 Å². The first-order chi connectivity index (χ1) is 14.6. The minimum absolute atomic E-state index is 0.101. The monoisotopic (exact) mass is 419 g/mol. The molecule has 9 N–H and O–H groups in total. The van der Waals surface area contributed by atoms with Gasteiger partial charge in [0, 0.05) is 19.8 Å². The van der Waals surface area contributed by atoms with E-state index >= 15 is 0 Å². The Morgan fingerprint density at radius 3 is 2.60 bits per heavy atom. The van der Waals surface area contributed by atoms with Crippen LogP contribution in [0.5, 0.6) is 5.75 Å². The molecule has 0 saturated carbocycles. The van der Waals surface area contributed by atoms with Crippen LogP contribution in [0.3, 0.4) is 0 Å². The van der Waals surface area contributed by atoms with E-state index in [-0.39, 0.29) is 30.4 Å². The molecule has 1 aromatic heterocycles. The standard InChI is InChI=1S/C16H23N9O3.C2H6/c1-19-16-21-8-10(15(27)20-6-7-26)13(23-16)22-11-5-3-4-9(12(11)28-2)14(24-17)25-18;1-2/h3-5,8,26H,6-7,17-18H2,1-2H3,(H,20,27)(H,24,25)(H2,19,21,22,23);1-2H3. The summed E-state index contributed by atoms with van der Waals surface area (Å²) >= 11 is 0. The number of aliphatic hydroxyl groups excluding tert-OH is 1. The summed E-state index contributed by atoms with van der Waals surface area (Å²) in [6, 6.07) is 5.17. The van der Waals surface area contributed by atoms with Gasteiger partial charge in [0.2, 0.25) is 5.95 Å². The Hall–Kier alpha value is -3.64. The van der Waals surface area contributed by atoms with Crippen LogP contribution in [0.2, 0.25) is 0 Å². The summed E-state index contributed by atoms with van der Waals surface area (Å²) in [4.78, 5) is 20.7. The fraction of sp³-hybridized carbons (Fsp3) is 0.333. The number of carbonyl (C=O) groups excluding carboxylic acids is 1. The number of ether oxygens (including phenoxy) is 1. The van der Waals surface area contributed by atoms with Crippen molar-refractivity contribution in [2.24, 2.45) is 16.8 Å². The largest absolute Gasteiger partial charge is 0.494 e. The highest BCUT2D eigenvalue weighted by molar-refractivity contribution is 6.03. The molecule has 164 valence electrons. The molecule has 2 rings (SSSR count). The first kappa shape index (κ1) is 24.4. The Morgan fingerprint density at radius 1 is 1.30 bits per heavy atom. The van der Waals surface area contributed by atoms with Crippen molar-refractivity contribution < 1.29 is 14.6 Å². The summed E-state index contributed by atoms with van der Waals surface area (Å²) in [6.07, 6.45) is 1.37. The molecule has 1 aromatic carbocycles. The Kier molecular flexibility index (Phi) is 10.4. The quantitative estimate of drug-likeness (QED) is 0.134. The number of amides is 1. The van der Waals surface area contributed by atoms with Crippen molar-refractivity contribution in [1.29, 1.82) is 0 Å². The lowest BCUT2D eigenvalue weighted by molar-refractivity contribution is 0.0945. The highest BCUT2D eigenvalue weighted by atomic mass is 16.5. The number of hydrogen-bond donors (Lipinski definition) is 7. The second kappa shape index (κ2) is 12.7. The van der Waals surface area contributed by atoms with Crippen LogP contribution in [-0.2, 0) is 0 Å². The van der Waals surface area contributed by atoms with Gasteiger partial charge >= 0.3 is 0 Å². The number of nitrogens with one attached hydrogen (secondary N) is 4. The summed E-state index contributed by atoms with van der Waals surface area (Å²) in [6.45, 7) is 3.91. The average molecular weight is 419 g/mol. The summed E-state index contributed by atoms with van der Waals surface area (Å²) in [5.41, 5.74) is 3.58. The van der Waals surface area contributed by atoms with Gasteiger partial charge < -0.3 is 37.1 Å². The number of nitrogens with two attached hydrogens (primary N) is 2. The van der Waals surface area contributed by atoms with Crippen molar-refractivity contribution >= 4 is 29.2 Å². The zero-order valence-electron chi connectivity index (χ0n) is 17.5. The number of para-hydroxylation sites is 1. The predicted octanol–water partition coefficient (Wildman–Crippen LogP) is 0.102. The number of aromatic nitrogens is 2. The first-order valence-corrected chi connectivity index (χ1v) is 9.22. The van der Waals surface area contributed by atoms with Crippen LogP contribution in [0, 0.1) is 0 Å². The molecule has 0 bridgehead atoms. The molecule has 0 unspecified atom stereocenters. The molecule has 0 spiro atoms. The van der Waals surface area contributed by atoms with E-state index in [0.29, 0.717) is 22.9 Å². The number of aliphatic hydroxyl groups is 1. The number of carbonyl (C=O) groups is 1. The third kappa shape index (κ3) is 5.93. The highest BCUT2D eigenvalue weighted by Gasteiger charge is 2.18. The Balaban J connectivity index is 0.00000218. The number of anilines is 3. The van der Waals surface area contributed by atoms with Crippen LogP contribution < -0.4 is 37.8 Å². The molecule has 12 heteroatoms. The molecular formula is C18H29N9O3. The van der Waals surface area contributed by atoms with E-state index < -0.39 is 5.91 Å². The number of nitrogens with zero attached hydrogens (tertiary/aromatic N) is 3. The van der Waals surface area contributed by atoms with Gasteiger partial charge in [-0.3, -0.25) is 4.79 Å². The summed E-state index contributed by atoms with van der Waals surface area (Å²) in [7, 11) is 3.13. The summed E-state index contributed by atoms with van der Waals surface area (Å²) in [5.74, 6) is 11.5. The molecule has 0 aliphatic carbocycles. The van der Waals surface area contributed by atoms with E-state index in [4.69, 9.17) is 21.5 Å².